The number of anilines is 2. The molecule has 2 aromatic carbocycles. The summed E-state index contributed by atoms with van der Waals surface area (Å²) in [6, 6.07) is 15.9. The predicted octanol–water partition coefficient (Wildman–Crippen LogP) is 4.19. The molecule has 138 valence electrons. The van der Waals surface area contributed by atoms with E-state index in [9.17, 15) is 4.79 Å². The molecular formula is C21H27N3OS. The lowest BCUT2D eigenvalue weighted by Crippen LogP contribution is -2.44. The van der Waals surface area contributed by atoms with E-state index in [0.29, 0.717) is 10.8 Å². The van der Waals surface area contributed by atoms with Crippen LogP contribution < -0.4 is 10.2 Å². The van der Waals surface area contributed by atoms with Crippen molar-refractivity contribution in [1.29, 1.82) is 0 Å². The molecule has 1 N–H and O–H groups in total. The molecule has 0 radical (unpaired) electrons. The van der Waals surface area contributed by atoms with Crippen LogP contribution in [0.5, 0.6) is 0 Å². The smallest absolute Gasteiger partial charge is 0.255 e. The number of carbonyl (C=O) groups is 1. The largest absolute Gasteiger partial charge is 0.367 e. The van der Waals surface area contributed by atoms with Gasteiger partial charge in [0.25, 0.3) is 5.91 Å². The molecule has 1 fully saturated rings. The van der Waals surface area contributed by atoms with Crippen LogP contribution in [0.15, 0.2) is 53.4 Å². The summed E-state index contributed by atoms with van der Waals surface area (Å²) >= 11 is 1.80. The molecule has 26 heavy (non-hydrogen) atoms. The van der Waals surface area contributed by atoms with Crippen molar-refractivity contribution >= 4 is 29.0 Å². The van der Waals surface area contributed by atoms with E-state index in [1.54, 1.807) is 11.8 Å². The van der Waals surface area contributed by atoms with Crippen LogP contribution in [0.25, 0.3) is 0 Å². The maximum Gasteiger partial charge on any atom is 0.255 e. The van der Waals surface area contributed by atoms with E-state index < -0.39 is 0 Å². The van der Waals surface area contributed by atoms with Gasteiger partial charge in [-0.1, -0.05) is 26.0 Å². The van der Waals surface area contributed by atoms with Crippen LogP contribution in [0.1, 0.15) is 24.2 Å². The Labute approximate surface area is 160 Å². The number of hydrogen-bond donors (Lipinski definition) is 1. The number of hydrogen-bond acceptors (Lipinski definition) is 4. The molecule has 0 aliphatic carbocycles. The number of nitrogens with zero attached hydrogens (tertiary/aromatic N) is 2. The first-order chi connectivity index (χ1) is 12.5. The average Bonchev–Trinajstić information content (AvgIpc) is 2.63. The van der Waals surface area contributed by atoms with Crippen molar-refractivity contribution in [3.05, 3.63) is 54.1 Å². The quantitative estimate of drug-likeness (QED) is 0.802. The molecule has 1 aliphatic rings. The number of para-hydroxylation sites is 2. The number of nitrogens with one attached hydrogen (secondary N) is 1. The molecule has 2 aromatic rings. The Balaban J connectivity index is 1.71. The van der Waals surface area contributed by atoms with Gasteiger partial charge in [0.2, 0.25) is 0 Å². The van der Waals surface area contributed by atoms with E-state index >= 15 is 0 Å². The third kappa shape index (κ3) is 4.80. The molecule has 4 nitrogen and oxygen atoms in total. The maximum absolute atomic E-state index is 12.7. The minimum Gasteiger partial charge on any atom is -0.367 e. The Morgan fingerprint density at radius 3 is 2.31 bits per heavy atom. The van der Waals surface area contributed by atoms with Crippen molar-refractivity contribution in [3.63, 3.8) is 0 Å². The van der Waals surface area contributed by atoms with Crippen molar-refractivity contribution < 1.29 is 4.79 Å². The summed E-state index contributed by atoms with van der Waals surface area (Å²) in [4.78, 5) is 18.6. The molecule has 0 unspecified atom stereocenters. The van der Waals surface area contributed by atoms with Crippen molar-refractivity contribution in [2.24, 2.45) is 0 Å². The third-order valence-electron chi connectivity index (χ3n) is 4.48. The van der Waals surface area contributed by atoms with E-state index in [-0.39, 0.29) is 5.91 Å². The Kier molecular flexibility index (Phi) is 6.22. The van der Waals surface area contributed by atoms with Gasteiger partial charge in [0.05, 0.1) is 11.4 Å². The molecule has 1 aliphatic heterocycles. The molecule has 1 heterocycles. The first-order valence-electron chi connectivity index (χ1n) is 9.13. The summed E-state index contributed by atoms with van der Waals surface area (Å²) in [6.45, 7) is 8.37. The van der Waals surface area contributed by atoms with E-state index in [4.69, 9.17) is 0 Å². The average molecular weight is 370 g/mol. The zero-order valence-electron chi connectivity index (χ0n) is 15.7. The molecule has 0 atom stereocenters. The molecule has 5 heteroatoms. The lowest BCUT2D eigenvalue weighted by molar-refractivity contribution is 0.102. The van der Waals surface area contributed by atoms with Gasteiger partial charge < -0.3 is 15.1 Å². The first kappa shape index (κ1) is 18.8. The van der Waals surface area contributed by atoms with Gasteiger partial charge in [0.1, 0.15) is 0 Å². The van der Waals surface area contributed by atoms with Crippen molar-refractivity contribution in [2.75, 3.05) is 43.4 Å². The second-order valence-corrected chi connectivity index (χ2v) is 8.60. The summed E-state index contributed by atoms with van der Waals surface area (Å²) in [7, 11) is 2.15. The highest BCUT2D eigenvalue weighted by Crippen LogP contribution is 2.27. The summed E-state index contributed by atoms with van der Waals surface area (Å²) in [5.74, 6) is -0.0623. The minimum absolute atomic E-state index is 0.0623. The van der Waals surface area contributed by atoms with Gasteiger partial charge in [0.15, 0.2) is 0 Å². The summed E-state index contributed by atoms with van der Waals surface area (Å²) in [6.07, 6.45) is 0. The molecule has 3 rings (SSSR count). The zero-order chi connectivity index (χ0) is 18.5. The topological polar surface area (TPSA) is 35.6 Å². The van der Waals surface area contributed by atoms with Gasteiger partial charge >= 0.3 is 0 Å². The van der Waals surface area contributed by atoms with Crippen molar-refractivity contribution in [2.45, 2.75) is 24.0 Å². The second kappa shape index (κ2) is 8.60. The van der Waals surface area contributed by atoms with Gasteiger partial charge in [-0.15, -0.1) is 11.8 Å². The van der Waals surface area contributed by atoms with Gasteiger partial charge in [0, 0.05) is 41.9 Å². The Morgan fingerprint density at radius 2 is 1.65 bits per heavy atom. The SMILES string of the molecule is CC(C)Sc1ccc(C(=O)Nc2ccccc2N2CCN(C)CC2)cc1. The standard InChI is InChI=1S/C21H27N3OS/c1-16(2)26-18-10-8-17(9-11-18)21(25)22-19-6-4-5-7-20(19)24-14-12-23(3)13-15-24/h4-11,16H,12-15H2,1-3H3,(H,22,25). The lowest BCUT2D eigenvalue weighted by atomic mass is 10.2. The van der Waals surface area contributed by atoms with Gasteiger partial charge in [-0.05, 0) is 43.4 Å². The Morgan fingerprint density at radius 1 is 1.00 bits per heavy atom. The fourth-order valence-corrected chi connectivity index (χ4v) is 3.89. The predicted molar refractivity (Wildman–Crippen MR) is 112 cm³/mol. The number of benzene rings is 2. The second-order valence-electron chi connectivity index (χ2n) is 6.95. The van der Waals surface area contributed by atoms with E-state index in [2.05, 4.69) is 42.1 Å². The minimum atomic E-state index is -0.0623. The summed E-state index contributed by atoms with van der Waals surface area (Å²) in [5.41, 5.74) is 2.66. The lowest BCUT2D eigenvalue weighted by Gasteiger charge is -2.35. The van der Waals surface area contributed by atoms with E-state index in [1.165, 1.54) is 4.90 Å². The number of piperazine rings is 1. The summed E-state index contributed by atoms with van der Waals surface area (Å²) in [5, 5.41) is 3.63. The molecular weight excluding hydrogens is 342 g/mol. The number of rotatable bonds is 5. The molecule has 1 amide bonds. The van der Waals surface area contributed by atoms with Crippen LogP contribution in [0, 0.1) is 0 Å². The molecule has 0 spiro atoms. The monoisotopic (exact) mass is 369 g/mol. The van der Waals surface area contributed by atoms with Crippen LogP contribution in [-0.2, 0) is 0 Å². The molecule has 0 aromatic heterocycles. The van der Waals surface area contributed by atoms with Crippen molar-refractivity contribution in [3.8, 4) is 0 Å². The van der Waals surface area contributed by atoms with Gasteiger partial charge in [-0.25, -0.2) is 0 Å². The highest BCUT2D eigenvalue weighted by Gasteiger charge is 2.18. The molecule has 1 saturated heterocycles. The van der Waals surface area contributed by atoms with Gasteiger partial charge in [-0.2, -0.15) is 0 Å². The highest BCUT2D eigenvalue weighted by atomic mass is 32.2. The Bertz CT molecular complexity index is 737. The zero-order valence-corrected chi connectivity index (χ0v) is 16.6. The van der Waals surface area contributed by atoms with Gasteiger partial charge in [-0.3, -0.25) is 4.79 Å². The summed E-state index contributed by atoms with van der Waals surface area (Å²) < 4.78 is 0. The van der Waals surface area contributed by atoms with E-state index in [1.807, 2.05) is 42.5 Å². The molecule has 0 bridgehead atoms. The highest BCUT2D eigenvalue weighted by molar-refractivity contribution is 7.99. The number of thioether (sulfide) groups is 1. The normalized spacial score (nSPS) is 15.3. The fourth-order valence-electron chi connectivity index (χ4n) is 3.05. The van der Waals surface area contributed by atoms with Crippen molar-refractivity contribution in [1.82, 2.24) is 4.90 Å². The number of carbonyl (C=O) groups excluding carboxylic acids is 1. The fraction of sp³-hybridized carbons (Fsp3) is 0.381. The van der Waals surface area contributed by atoms with Crippen LogP contribution >= 0.6 is 11.8 Å². The first-order valence-corrected chi connectivity index (χ1v) is 10.0. The van der Waals surface area contributed by atoms with E-state index in [0.717, 1.165) is 37.6 Å². The number of amides is 1. The van der Waals surface area contributed by atoms with Crippen LogP contribution in [0.2, 0.25) is 0 Å². The number of likely N-dealkylation sites (N-methyl/N-ethyl adjacent to an activating group) is 1. The van der Waals surface area contributed by atoms with Crippen LogP contribution in [0.3, 0.4) is 0 Å². The van der Waals surface area contributed by atoms with Crippen LogP contribution in [0.4, 0.5) is 11.4 Å². The third-order valence-corrected chi connectivity index (χ3v) is 5.50. The maximum atomic E-state index is 12.7. The van der Waals surface area contributed by atoms with Crippen LogP contribution in [-0.4, -0.2) is 49.3 Å². The Hall–Kier alpha value is -1.98. The molecule has 0 saturated carbocycles.